The molecule has 0 spiro atoms. The van der Waals surface area contributed by atoms with E-state index in [0.717, 1.165) is 37.1 Å². The maximum Gasteiger partial charge on any atom is 0.128 e. The van der Waals surface area contributed by atoms with Crippen LogP contribution >= 0.6 is 0 Å². The molecular weight excluding hydrogens is 228 g/mol. The number of aliphatic hydroxyl groups excluding tert-OH is 2. The summed E-state index contributed by atoms with van der Waals surface area (Å²) in [6, 6.07) is 3.95. The second-order valence-corrected chi connectivity index (χ2v) is 5.16. The molecule has 1 saturated carbocycles. The Morgan fingerprint density at radius 2 is 2.06 bits per heavy atom. The van der Waals surface area contributed by atoms with Crippen molar-refractivity contribution in [3.63, 3.8) is 0 Å². The molecule has 1 fully saturated rings. The van der Waals surface area contributed by atoms with Crippen LogP contribution in [0.15, 0.2) is 18.3 Å². The molecule has 3 atom stereocenters. The summed E-state index contributed by atoms with van der Waals surface area (Å²) in [4.78, 5) is 6.42. The Hall–Kier alpha value is -1.13. The first-order chi connectivity index (χ1) is 8.59. The zero-order chi connectivity index (χ0) is 13.1. The van der Waals surface area contributed by atoms with E-state index in [9.17, 15) is 10.2 Å². The molecule has 1 aliphatic rings. The summed E-state index contributed by atoms with van der Waals surface area (Å²) in [6.45, 7) is 1.73. The van der Waals surface area contributed by atoms with Crippen LogP contribution in [0.25, 0.3) is 0 Å². The number of rotatable bonds is 3. The van der Waals surface area contributed by atoms with Crippen LogP contribution in [0.1, 0.15) is 44.3 Å². The van der Waals surface area contributed by atoms with Crippen LogP contribution in [0.4, 0.5) is 5.82 Å². The van der Waals surface area contributed by atoms with Crippen LogP contribution in [0.3, 0.4) is 0 Å². The van der Waals surface area contributed by atoms with Gasteiger partial charge in [0.05, 0.1) is 18.2 Å². The number of hydrogen-bond donors (Lipinski definition) is 2. The van der Waals surface area contributed by atoms with Gasteiger partial charge in [-0.1, -0.05) is 18.9 Å². The van der Waals surface area contributed by atoms with E-state index in [4.69, 9.17) is 0 Å². The van der Waals surface area contributed by atoms with Crippen LogP contribution in [-0.4, -0.2) is 34.4 Å². The zero-order valence-electron chi connectivity index (χ0n) is 11.1. The number of anilines is 1. The van der Waals surface area contributed by atoms with Gasteiger partial charge in [-0.2, -0.15) is 0 Å². The average Bonchev–Trinajstić information content (AvgIpc) is 2.38. The maximum atomic E-state index is 10.0. The Labute approximate surface area is 108 Å². The van der Waals surface area contributed by atoms with Crippen molar-refractivity contribution in [2.45, 2.75) is 50.9 Å². The summed E-state index contributed by atoms with van der Waals surface area (Å²) in [7, 11) is 1.98. The van der Waals surface area contributed by atoms with Gasteiger partial charge in [0.25, 0.3) is 0 Å². The van der Waals surface area contributed by atoms with Crippen molar-refractivity contribution in [3.05, 3.63) is 23.9 Å². The lowest BCUT2D eigenvalue weighted by atomic mass is 9.91. The fourth-order valence-corrected chi connectivity index (χ4v) is 2.57. The number of pyridine rings is 1. The third-order valence-corrected chi connectivity index (χ3v) is 3.81. The minimum atomic E-state index is -0.489. The molecule has 1 aromatic heterocycles. The molecular formula is C14H22N2O2. The number of aliphatic hydroxyl groups is 2. The summed E-state index contributed by atoms with van der Waals surface area (Å²) >= 11 is 0. The van der Waals surface area contributed by atoms with Crippen molar-refractivity contribution in [1.29, 1.82) is 0 Å². The third kappa shape index (κ3) is 2.82. The Balaban J connectivity index is 2.10. The van der Waals surface area contributed by atoms with Crippen molar-refractivity contribution >= 4 is 5.82 Å². The van der Waals surface area contributed by atoms with E-state index < -0.39 is 6.10 Å². The minimum absolute atomic E-state index is 0.156. The van der Waals surface area contributed by atoms with Crippen LogP contribution in [0.2, 0.25) is 0 Å². The molecule has 1 aliphatic carbocycles. The Bertz CT molecular complexity index is 378. The highest BCUT2D eigenvalue weighted by molar-refractivity contribution is 5.40. The van der Waals surface area contributed by atoms with E-state index in [1.807, 2.05) is 19.2 Å². The summed E-state index contributed by atoms with van der Waals surface area (Å²) in [5, 5.41) is 19.5. The second kappa shape index (κ2) is 5.67. The SMILES string of the molecule is C[C@@H](O)c1ccc(N(C)C2CCCCC2O)nc1. The molecule has 18 heavy (non-hydrogen) atoms. The van der Waals surface area contributed by atoms with E-state index in [-0.39, 0.29) is 12.1 Å². The van der Waals surface area contributed by atoms with Crippen molar-refractivity contribution in [2.75, 3.05) is 11.9 Å². The Kier molecular flexibility index (Phi) is 4.19. The molecule has 0 amide bonds. The van der Waals surface area contributed by atoms with Gasteiger partial charge in [0.15, 0.2) is 0 Å². The fraction of sp³-hybridized carbons (Fsp3) is 0.643. The number of aromatic nitrogens is 1. The Morgan fingerprint density at radius 3 is 2.61 bits per heavy atom. The molecule has 4 nitrogen and oxygen atoms in total. The molecule has 0 bridgehead atoms. The lowest BCUT2D eigenvalue weighted by Gasteiger charge is -2.35. The average molecular weight is 250 g/mol. The summed E-state index contributed by atoms with van der Waals surface area (Å²) in [5.41, 5.74) is 0.816. The fourth-order valence-electron chi connectivity index (χ4n) is 2.57. The van der Waals surface area contributed by atoms with Gasteiger partial charge in [0.2, 0.25) is 0 Å². The summed E-state index contributed by atoms with van der Waals surface area (Å²) in [5.74, 6) is 0.852. The van der Waals surface area contributed by atoms with Crippen LogP contribution < -0.4 is 4.90 Å². The van der Waals surface area contributed by atoms with Gasteiger partial charge in [-0.25, -0.2) is 4.98 Å². The molecule has 0 aromatic carbocycles. The molecule has 4 heteroatoms. The highest BCUT2D eigenvalue weighted by Crippen LogP contribution is 2.26. The van der Waals surface area contributed by atoms with Gasteiger partial charge in [0, 0.05) is 13.2 Å². The standard InChI is InChI=1S/C14H22N2O2/c1-10(17)11-7-8-14(15-9-11)16(2)12-5-3-4-6-13(12)18/h7-10,12-13,17-18H,3-6H2,1-2H3/t10-,12?,13?/m1/s1. The highest BCUT2D eigenvalue weighted by atomic mass is 16.3. The van der Waals surface area contributed by atoms with Gasteiger partial charge in [-0.3, -0.25) is 0 Å². The summed E-state index contributed by atoms with van der Waals surface area (Å²) in [6.07, 6.45) is 5.11. The topological polar surface area (TPSA) is 56.6 Å². The molecule has 2 unspecified atom stereocenters. The molecule has 100 valence electrons. The minimum Gasteiger partial charge on any atom is -0.391 e. The lowest BCUT2D eigenvalue weighted by Crippen LogP contribution is -2.43. The first kappa shape index (κ1) is 13.3. The van der Waals surface area contributed by atoms with Crippen LogP contribution in [-0.2, 0) is 0 Å². The molecule has 2 N–H and O–H groups in total. The number of hydrogen-bond acceptors (Lipinski definition) is 4. The van der Waals surface area contributed by atoms with Gasteiger partial charge < -0.3 is 15.1 Å². The van der Waals surface area contributed by atoms with Crippen LogP contribution in [0.5, 0.6) is 0 Å². The van der Waals surface area contributed by atoms with E-state index in [2.05, 4.69) is 9.88 Å². The third-order valence-electron chi connectivity index (χ3n) is 3.81. The Morgan fingerprint density at radius 1 is 1.33 bits per heavy atom. The normalized spacial score (nSPS) is 25.8. The first-order valence-electron chi connectivity index (χ1n) is 6.64. The van der Waals surface area contributed by atoms with E-state index >= 15 is 0 Å². The lowest BCUT2D eigenvalue weighted by molar-refractivity contribution is 0.106. The van der Waals surface area contributed by atoms with Crippen LogP contribution in [0, 0.1) is 0 Å². The van der Waals surface area contributed by atoms with Crippen molar-refractivity contribution in [3.8, 4) is 0 Å². The zero-order valence-corrected chi connectivity index (χ0v) is 11.1. The second-order valence-electron chi connectivity index (χ2n) is 5.16. The van der Waals surface area contributed by atoms with E-state index in [1.165, 1.54) is 0 Å². The smallest absolute Gasteiger partial charge is 0.128 e. The first-order valence-corrected chi connectivity index (χ1v) is 6.64. The van der Waals surface area contributed by atoms with Gasteiger partial charge >= 0.3 is 0 Å². The molecule has 0 saturated heterocycles. The number of likely N-dealkylation sites (N-methyl/N-ethyl adjacent to an activating group) is 1. The molecule has 0 aliphatic heterocycles. The molecule has 0 radical (unpaired) electrons. The quantitative estimate of drug-likeness (QED) is 0.860. The van der Waals surface area contributed by atoms with E-state index in [0.29, 0.717) is 0 Å². The van der Waals surface area contributed by atoms with E-state index in [1.54, 1.807) is 13.1 Å². The van der Waals surface area contributed by atoms with Gasteiger partial charge in [0.1, 0.15) is 5.82 Å². The number of nitrogens with zero attached hydrogens (tertiary/aromatic N) is 2. The van der Waals surface area contributed by atoms with Gasteiger partial charge in [-0.05, 0) is 31.4 Å². The van der Waals surface area contributed by atoms with Gasteiger partial charge in [-0.15, -0.1) is 0 Å². The largest absolute Gasteiger partial charge is 0.391 e. The molecule has 2 rings (SSSR count). The predicted molar refractivity (Wildman–Crippen MR) is 71.5 cm³/mol. The maximum absolute atomic E-state index is 10.0. The van der Waals surface area contributed by atoms with Crippen molar-refractivity contribution in [1.82, 2.24) is 4.98 Å². The highest BCUT2D eigenvalue weighted by Gasteiger charge is 2.27. The molecule has 1 heterocycles. The summed E-state index contributed by atoms with van der Waals surface area (Å²) < 4.78 is 0. The van der Waals surface area contributed by atoms with Crippen molar-refractivity contribution in [2.24, 2.45) is 0 Å². The van der Waals surface area contributed by atoms with Crippen molar-refractivity contribution < 1.29 is 10.2 Å². The monoisotopic (exact) mass is 250 g/mol. The predicted octanol–water partition coefficient (Wildman–Crippen LogP) is 1.87. The molecule has 1 aromatic rings.